The smallest absolute Gasteiger partial charge is 0.115 e. The highest BCUT2D eigenvalue weighted by Crippen LogP contribution is 2.24. The van der Waals surface area contributed by atoms with Crippen molar-refractivity contribution in [3.8, 4) is 0 Å². The molecule has 4 heteroatoms. The molecule has 4 nitrogen and oxygen atoms in total. The van der Waals surface area contributed by atoms with Crippen molar-refractivity contribution >= 4 is 10.9 Å². The first-order chi connectivity index (χ1) is 9.40. The van der Waals surface area contributed by atoms with Gasteiger partial charge in [-0.1, -0.05) is 18.2 Å². The molecule has 0 unspecified atom stereocenters. The van der Waals surface area contributed by atoms with E-state index in [1.807, 2.05) is 6.20 Å². The van der Waals surface area contributed by atoms with Crippen LogP contribution in [-0.2, 0) is 19.6 Å². The van der Waals surface area contributed by atoms with E-state index >= 15 is 0 Å². The topological polar surface area (TPSA) is 44.8 Å². The average molecular weight is 250 g/mol. The number of benzene rings is 1. The molecule has 1 aliphatic heterocycles. The Kier molecular flexibility index (Phi) is 2.35. The van der Waals surface area contributed by atoms with Crippen LogP contribution in [0.1, 0.15) is 16.8 Å². The van der Waals surface area contributed by atoms with Crippen LogP contribution in [0, 0.1) is 0 Å². The summed E-state index contributed by atoms with van der Waals surface area (Å²) in [7, 11) is 0. The fourth-order valence-corrected chi connectivity index (χ4v) is 2.78. The molecule has 0 saturated carbocycles. The van der Waals surface area contributed by atoms with E-state index in [1.54, 1.807) is 6.33 Å². The Hall–Kier alpha value is -2.20. The van der Waals surface area contributed by atoms with Gasteiger partial charge >= 0.3 is 0 Å². The molecule has 94 valence electrons. The van der Waals surface area contributed by atoms with Crippen molar-refractivity contribution in [2.45, 2.75) is 19.6 Å². The van der Waals surface area contributed by atoms with Crippen LogP contribution < -0.4 is 0 Å². The maximum Gasteiger partial charge on any atom is 0.115 e. The summed E-state index contributed by atoms with van der Waals surface area (Å²) in [5.74, 6) is 0. The van der Waals surface area contributed by atoms with E-state index < -0.39 is 0 Å². The van der Waals surface area contributed by atoms with Gasteiger partial charge in [-0.3, -0.25) is 4.90 Å². The minimum absolute atomic E-state index is 0.914. The van der Waals surface area contributed by atoms with Gasteiger partial charge in [0.15, 0.2) is 0 Å². The fraction of sp³-hybridized carbons (Fsp3) is 0.200. The summed E-state index contributed by atoms with van der Waals surface area (Å²) < 4.78 is 0. The molecule has 0 saturated heterocycles. The summed E-state index contributed by atoms with van der Waals surface area (Å²) in [6.07, 6.45) is 5.67. The van der Waals surface area contributed by atoms with Gasteiger partial charge in [-0.25, -0.2) is 9.97 Å². The second-order valence-electron chi connectivity index (χ2n) is 5.00. The Balaban J connectivity index is 1.60. The summed E-state index contributed by atoms with van der Waals surface area (Å²) in [6.45, 7) is 2.80. The first kappa shape index (κ1) is 10.7. The number of rotatable bonds is 2. The van der Waals surface area contributed by atoms with E-state index in [4.69, 9.17) is 0 Å². The number of nitrogens with one attached hydrogen (secondary N) is 1. The van der Waals surface area contributed by atoms with E-state index in [1.165, 1.54) is 22.0 Å². The van der Waals surface area contributed by atoms with Gasteiger partial charge in [-0.15, -0.1) is 0 Å². The number of para-hydroxylation sites is 1. The van der Waals surface area contributed by atoms with Gasteiger partial charge in [0.25, 0.3) is 0 Å². The highest BCUT2D eigenvalue weighted by atomic mass is 15.2. The number of H-pyrrole nitrogens is 1. The summed E-state index contributed by atoms with van der Waals surface area (Å²) in [5.41, 5.74) is 4.96. The standard InChI is InChI=1S/C15H14N4/c1-2-4-14-13(3-1)11(6-17-14)7-19-8-12-5-16-10-18-15(12)9-19/h1-6,10,17H,7-9H2. The van der Waals surface area contributed by atoms with Gasteiger partial charge < -0.3 is 4.98 Å². The molecular formula is C15H14N4. The molecule has 3 heterocycles. The summed E-state index contributed by atoms with van der Waals surface area (Å²) in [6, 6.07) is 8.43. The van der Waals surface area contributed by atoms with Crippen molar-refractivity contribution in [1.29, 1.82) is 0 Å². The SMILES string of the molecule is c1ccc2c(CN3Cc4cncnc4C3)c[nH]c2c1. The molecule has 2 aromatic heterocycles. The molecular weight excluding hydrogens is 236 g/mol. The van der Waals surface area contributed by atoms with Gasteiger partial charge in [-0.2, -0.15) is 0 Å². The Bertz CT molecular complexity index is 707. The van der Waals surface area contributed by atoms with Crippen LogP contribution in [0.2, 0.25) is 0 Å². The van der Waals surface area contributed by atoms with Crippen molar-refractivity contribution < 1.29 is 0 Å². The highest BCUT2D eigenvalue weighted by molar-refractivity contribution is 5.82. The number of fused-ring (bicyclic) bond motifs is 2. The maximum absolute atomic E-state index is 4.34. The summed E-state index contributed by atoms with van der Waals surface area (Å²) in [4.78, 5) is 14.2. The van der Waals surface area contributed by atoms with Crippen molar-refractivity contribution in [2.24, 2.45) is 0 Å². The molecule has 1 aromatic carbocycles. The number of hydrogen-bond donors (Lipinski definition) is 1. The third-order valence-electron chi connectivity index (χ3n) is 3.72. The minimum atomic E-state index is 0.914. The van der Waals surface area contributed by atoms with Crippen LogP contribution in [-0.4, -0.2) is 19.9 Å². The molecule has 0 atom stereocenters. The lowest BCUT2D eigenvalue weighted by Gasteiger charge is -2.13. The van der Waals surface area contributed by atoms with Gasteiger partial charge in [0.2, 0.25) is 0 Å². The molecule has 19 heavy (non-hydrogen) atoms. The predicted molar refractivity (Wildman–Crippen MR) is 73.3 cm³/mol. The molecule has 0 spiro atoms. The number of nitrogens with zero attached hydrogens (tertiary/aromatic N) is 3. The zero-order valence-corrected chi connectivity index (χ0v) is 10.5. The van der Waals surface area contributed by atoms with Crippen molar-refractivity contribution in [1.82, 2.24) is 19.9 Å². The quantitative estimate of drug-likeness (QED) is 0.760. The number of hydrogen-bond acceptors (Lipinski definition) is 3. The third kappa shape index (κ3) is 1.81. The van der Waals surface area contributed by atoms with E-state index in [2.05, 4.69) is 50.3 Å². The normalized spacial score (nSPS) is 14.9. The van der Waals surface area contributed by atoms with Crippen molar-refractivity contribution in [2.75, 3.05) is 0 Å². The van der Waals surface area contributed by atoms with E-state index in [-0.39, 0.29) is 0 Å². The van der Waals surface area contributed by atoms with Gasteiger partial charge in [0.1, 0.15) is 6.33 Å². The minimum Gasteiger partial charge on any atom is -0.361 e. The Morgan fingerprint density at radius 1 is 1.21 bits per heavy atom. The lowest BCUT2D eigenvalue weighted by Crippen LogP contribution is -2.15. The van der Waals surface area contributed by atoms with Crippen LogP contribution in [0.4, 0.5) is 0 Å². The molecule has 3 aromatic rings. The largest absolute Gasteiger partial charge is 0.361 e. The fourth-order valence-electron chi connectivity index (χ4n) is 2.78. The molecule has 4 rings (SSSR count). The van der Waals surface area contributed by atoms with Crippen LogP contribution in [0.15, 0.2) is 43.0 Å². The monoisotopic (exact) mass is 250 g/mol. The zero-order valence-electron chi connectivity index (χ0n) is 10.5. The van der Waals surface area contributed by atoms with Crippen LogP contribution in [0.3, 0.4) is 0 Å². The van der Waals surface area contributed by atoms with Gasteiger partial charge in [0.05, 0.1) is 5.69 Å². The van der Waals surface area contributed by atoms with Crippen molar-refractivity contribution in [3.63, 3.8) is 0 Å². The Morgan fingerprint density at radius 2 is 2.16 bits per heavy atom. The predicted octanol–water partition coefficient (Wildman–Crippen LogP) is 2.47. The average Bonchev–Trinajstić information content (AvgIpc) is 3.03. The molecule has 0 aliphatic carbocycles. The third-order valence-corrected chi connectivity index (χ3v) is 3.72. The van der Waals surface area contributed by atoms with Crippen LogP contribution >= 0.6 is 0 Å². The van der Waals surface area contributed by atoms with Gasteiger partial charge in [0, 0.05) is 48.5 Å². The summed E-state index contributed by atoms with van der Waals surface area (Å²) >= 11 is 0. The second kappa shape index (κ2) is 4.17. The first-order valence-electron chi connectivity index (χ1n) is 6.45. The Labute approximate surface area is 111 Å². The summed E-state index contributed by atoms with van der Waals surface area (Å²) in [5, 5.41) is 1.31. The number of aromatic amines is 1. The maximum atomic E-state index is 4.34. The van der Waals surface area contributed by atoms with Crippen LogP contribution in [0.5, 0.6) is 0 Å². The van der Waals surface area contributed by atoms with E-state index in [0.717, 1.165) is 25.3 Å². The van der Waals surface area contributed by atoms with E-state index in [0.29, 0.717) is 0 Å². The van der Waals surface area contributed by atoms with Gasteiger partial charge in [-0.05, 0) is 11.6 Å². The molecule has 1 N–H and O–H groups in total. The lowest BCUT2D eigenvalue weighted by molar-refractivity contribution is 0.275. The Morgan fingerprint density at radius 3 is 3.11 bits per heavy atom. The lowest BCUT2D eigenvalue weighted by atomic mass is 10.1. The van der Waals surface area contributed by atoms with Crippen LogP contribution in [0.25, 0.3) is 10.9 Å². The molecule has 0 radical (unpaired) electrons. The molecule has 0 bridgehead atoms. The molecule has 0 amide bonds. The molecule has 0 fully saturated rings. The highest BCUT2D eigenvalue weighted by Gasteiger charge is 2.20. The zero-order chi connectivity index (χ0) is 12.7. The van der Waals surface area contributed by atoms with Crippen molar-refractivity contribution in [3.05, 3.63) is 59.8 Å². The molecule has 1 aliphatic rings. The first-order valence-corrected chi connectivity index (χ1v) is 6.45. The second-order valence-corrected chi connectivity index (χ2v) is 5.00. The number of aromatic nitrogens is 3. The van der Waals surface area contributed by atoms with E-state index in [9.17, 15) is 0 Å².